The number of non-ortho nitro benzene ring substituents is 1. The van der Waals surface area contributed by atoms with Gasteiger partial charge in [-0.15, -0.1) is 0 Å². The smallest absolute Gasteiger partial charge is 0.269 e. The van der Waals surface area contributed by atoms with E-state index in [9.17, 15) is 14.9 Å². The molecule has 0 aliphatic carbocycles. The van der Waals surface area contributed by atoms with Gasteiger partial charge in [0, 0.05) is 24.7 Å². The Morgan fingerprint density at radius 3 is 2.56 bits per heavy atom. The summed E-state index contributed by atoms with van der Waals surface area (Å²) in [6.07, 6.45) is 0.128. The number of nitro groups is 1. The van der Waals surface area contributed by atoms with E-state index in [0.29, 0.717) is 34.9 Å². The van der Waals surface area contributed by atoms with E-state index in [2.05, 4.69) is 4.99 Å². The summed E-state index contributed by atoms with van der Waals surface area (Å²) in [4.78, 5) is 29.3. The van der Waals surface area contributed by atoms with E-state index in [-0.39, 0.29) is 18.0 Å². The molecule has 0 spiro atoms. The summed E-state index contributed by atoms with van der Waals surface area (Å²) in [5, 5.41) is 10.8. The van der Waals surface area contributed by atoms with Gasteiger partial charge in [-0.05, 0) is 36.8 Å². The molecule has 2 aromatic rings. The number of nitro benzene ring substituents is 1. The molecule has 1 aliphatic heterocycles. The van der Waals surface area contributed by atoms with Crippen LogP contribution < -0.4 is 9.64 Å². The molecule has 0 aromatic heterocycles. The fraction of sp³-hybridized carbons (Fsp3) is 0.222. The molecule has 0 saturated heterocycles. The van der Waals surface area contributed by atoms with Crippen LogP contribution in [0.3, 0.4) is 0 Å². The largest absolute Gasteiger partial charge is 0.497 e. The van der Waals surface area contributed by atoms with E-state index in [1.165, 1.54) is 12.1 Å². The van der Waals surface area contributed by atoms with Gasteiger partial charge in [-0.3, -0.25) is 19.9 Å². The SMILES string of the molecule is CCN1C(=O)CC(c2ccc([N+](=O)[O-])cc2)=Nc2ccc(OC)cc21. The fourth-order valence-corrected chi connectivity index (χ4v) is 2.79. The number of rotatable bonds is 4. The molecule has 0 radical (unpaired) electrons. The summed E-state index contributed by atoms with van der Waals surface area (Å²) in [5.74, 6) is 0.575. The Morgan fingerprint density at radius 2 is 1.96 bits per heavy atom. The molecular formula is C18H17N3O4. The minimum atomic E-state index is -0.454. The molecule has 1 heterocycles. The minimum Gasteiger partial charge on any atom is -0.497 e. The summed E-state index contributed by atoms with van der Waals surface area (Å²) in [5.41, 5.74) is 2.65. The fourth-order valence-electron chi connectivity index (χ4n) is 2.79. The van der Waals surface area contributed by atoms with Crippen molar-refractivity contribution in [2.75, 3.05) is 18.6 Å². The molecule has 2 aromatic carbocycles. The minimum absolute atomic E-state index is 0.00428. The molecule has 25 heavy (non-hydrogen) atoms. The third-order valence-corrected chi connectivity index (χ3v) is 4.08. The monoisotopic (exact) mass is 339 g/mol. The Balaban J connectivity index is 2.07. The molecule has 0 N–H and O–H groups in total. The van der Waals surface area contributed by atoms with Crippen molar-refractivity contribution in [2.24, 2.45) is 4.99 Å². The van der Waals surface area contributed by atoms with Gasteiger partial charge in [-0.1, -0.05) is 0 Å². The molecule has 0 bridgehead atoms. The van der Waals surface area contributed by atoms with Crippen LogP contribution in [0.15, 0.2) is 47.5 Å². The number of carbonyl (C=O) groups is 1. The number of aliphatic imine (C=N–C) groups is 1. The van der Waals surface area contributed by atoms with Crippen LogP contribution in [0.25, 0.3) is 0 Å². The van der Waals surface area contributed by atoms with Crippen LogP contribution in [0, 0.1) is 10.1 Å². The number of benzene rings is 2. The number of hydrogen-bond acceptors (Lipinski definition) is 5. The predicted molar refractivity (Wildman–Crippen MR) is 94.9 cm³/mol. The van der Waals surface area contributed by atoms with E-state index < -0.39 is 4.92 Å². The lowest BCUT2D eigenvalue weighted by molar-refractivity contribution is -0.384. The molecule has 0 fully saturated rings. The zero-order valence-electron chi connectivity index (χ0n) is 13.9. The third kappa shape index (κ3) is 3.21. The lowest BCUT2D eigenvalue weighted by Gasteiger charge is -2.20. The van der Waals surface area contributed by atoms with Crippen LogP contribution in [0.5, 0.6) is 5.75 Å². The van der Waals surface area contributed by atoms with E-state index in [1.807, 2.05) is 6.92 Å². The van der Waals surface area contributed by atoms with Crippen LogP contribution in [-0.2, 0) is 4.79 Å². The van der Waals surface area contributed by atoms with Gasteiger partial charge in [0.25, 0.3) is 5.69 Å². The summed E-state index contributed by atoms with van der Waals surface area (Å²) < 4.78 is 5.25. The molecule has 0 unspecified atom stereocenters. The first-order valence-corrected chi connectivity index (χ1v) is 7.84. The van der Waals surface area contributed by atoms with Crippen LogP contribution in [0.1, 0.15) is 18.9 Å². The van der Waals surface area contributed by atoms with Crippen molar-refractivity contribution in [3.05, 3.63) is 58.1 Å². The maximum Gasteiger partial charge on any atom is 0.269 e. The van der Waals surface area contributed by atoms with Crippen LogP contribution in [-0.4, -0.2) is 30.2 Å². The topological polar surface area (TPSA) is 85.0 Å². The second kappa shape index (κ2) is 6.72. The highest BCUT2D eigenvalue weighted by molar-refractivity contribution is 6.17. The quantitative estimate of drug-likeness (QED) is 0.630. The standard InChI is InChI=1S/C18H17N3O4/c1-3-20-17-10-14(25-2)8-9-15(17)19-16(11-18(20)22)12-4-6-13(7-5-12)21(23)24/h4-10H,3,11H2,1-2H3. The second-order valence-electron chi connectivity index (χ2n) is 5.53. The number of ether oxygens (including phenoxy) is 1. The molecule has 1 aliphatic rings. The first-order chi connectivity index (χ1) is 12.0. The molecule has 0 atom stereocenters. The summed E-state index contributed by atoms with van der Waals surface area (Å²) in [6.45, 7) is 2.42. The van der Waals surface area contributed by atoms with Crippen molar-refractivity contribution in [1.82, 2.24) is 0 Å². The Hall–Kier alpha value is -3.22. The van der Waals surface area contributed by atoms with Gasteiger partial charge < -0.3 is 9.64 Å². The summed E-state index contributed by atoms with van der Waals surface area (Å²) in [6, 6.07) is 11.5. The predicted octanol–water partition coefficient (Wildman–Crippen LogP) is 3.48. The molecule has 1 amide bonds. The third-order valence-electron chi connectivity index (χ3n) is 4.08. The first kappa shape index (κ1) is 16.6. The Labute approximate surface area is 144 Å². The van der Waals surface area contributed by atoms with Crippen molar-refractivity contribution < 1.29 is 14.5 Å². The number of fused-ring (bicyclic) bond motifs is 1. The van der Waals surface area contributed by atoms with E-state index >= 15 is 0 Å². The van der Waals surface area contributed by atoms with Gasteiger partial charge >= 0.3 is 0 Å². The number of amides is 1. The summed E-state index contributed by atoms with van der Waals surface area (Å²) in [7, 11) is 1.57. The van der Waals surface area contributed by atoms with Crippen molar-refractivity contribution in [2.45, 2.75) is 13.3 Å². The summed E-state index contributed by atoms with van der Waals surface area (Å²) >= 11 is 0. The Bertz CT molecular complexity index is 859. The lowest BCUT2D eigenvalue weighted by Crippen LogP contribution is -2.31. The van der Waals surface area contributed by atoms with Crippen LogP contribution >= 0.6 is 0 Å². The normalized spacial score (nSPS) is 13.8. The maximum atomic E-state index is 12.7. The van der Waals surface area contributed by atoms with Crippen molar-refractivity contribution in [3.8, 4) is 5.75 Å². The van der Waals surface area contributed by atoms with Crippen LogP contribution in [0.4, 0.5) is 17.1 Å². The van der Waals surface area contributed by atoms with Gasteiger partial charge in [0.2, 0.25) is 5.91 Å². The Morgan fingerprint density at radius 1 is 1.24 bits per heavy atom. The molecule has 0 saturated carbocycles. The molecule has 3 rings (SSSR count). The lowest BCUT2D eigenvalue weighted by atomic mass is 10.1. The molecular weight excluding hydrogens is 322 g/mol. The number of carbonyl (C=O) groups excluding carboxylic acids is 1. The van der Waals surface area contributed by atoms with Gasteiger partial charge in [0.15, 0.2) is 0 Å². The first-order valence-electron chi connectivity index (χ1n) is 7.84. The van der Waals surface area contributed by atoms with E-state index in [4.69, 9.17) is 4.74 Å². The zero-order chi connectivity index (χ0) is 18.0. The Kier molecular flexibility index (Phi) is 4.47. The van der Waals surface area contributed by atoms with Crippen molar-refractivity contribution in [3.63, 3.8) is 0 Å². The zero-order valence-corrected chi connectivity index (χ0v) is 13.9. The average molecular weight is 339 g/mol. The molecule has 7 heteroatoms. The molecule has 128 valence electrons. The van der Waals surface area contributed by atoms with E-state index in [1.54, 1.807) is 42.3 Å². The van der Waals surface area contributed by atoms with Gasteiger partial charge in [0.05, 0.1) is 35.5 Å². The highest BCUT2D eigenvalue weighted by Gasteiger charge is 2.24. The second-order valence-corrected chi connectivity index (χ2v) is 5.53. The average Bonchev–Trinajstić information content (AvgIpc) is 2.76. The maximum absolute atomic E-state index is 12.7. The highest BCUT2D eigenvalue weighted by Crippen LogP contribution is 2.36. The number of hydrogen-bond donors (Lipinski definition) is 0. The van der Waals surface area contributed by atoms with Crippen LogP contribution in [0.2, 0.25) is 0 Å². The van der Waals surface area contributed by atoms with E-state index in [0.717, 1.165) is 0 Å². The highest BCUT2D eigenvalue weighted by atomic mass is 16.6. The number of methoxy groups -OCH3 is 1. The van der Waals surface area contributed by atoms with Gasteiger partial charge in [0.1, 0.15) is 5.75 Å². The number of nitrogens with zero attached hydrogens (tertiary/aromatic N) is 3. The van der Waals surface area contributed by atoms with Gasteiger partial charge in [-0.25, -0.2) is 0 Å². The number of anilines is 1. The van der Waals surface area contributed by atoms with Gasteiger partial charge in [-0.2, -0.15) is 0 Å². The molecule has 7 nitrogen and oxygen atoms in total. The van der Waals surface area contributed by atoms with Crippen molar-refractivity contribution >= 4 is 28.7 Å². The van der Waals surface area contributed by atoms with Crippen molar-refractivity contribution in [1.29, 1.82) is 0 Å².